The van der Waals surface area contributed by atoms with Crippen LogP contribution in [0.25, 0.3) is 0 Å². The number of nitrogens with zero attached hydrogens (tertiary/aromatic N) is 1. The van der Waals surface area contributed by atoms with Gasteiger partial charge in [0.15, 0.2) is 0 Å². The number of hydrogen-bond donors (Lipinski definition) is 1. The van der Waals surface area contributed by atoms with Gasteiger partial charge in [-0.2, -0.15) is 4.39 Å². The van der Waals surface area contributed by atoms with Crippen LogP contribution in [0.4, 0.5) is 15.9 Å². The van der Waals surface area contributed by atoms with Gasteiger partial charge in [-0.25, -0.2) is 4.98 Å². The number of aryl methyl sites for hydroxylation is 1. The maximum Gasteiger partial charge on any atom is 0.214 e. The maximum atomic E-state index is 12.9. The smallest absolute Gasteiger partial charge is 0.214 e. The van der Waals surface area contributed by atoms with E-state index in [-0.39, 0.29) is 0 Å². The Labute approximate surface area is 98.1 Å². The summed E-state index contributed by atoms with van der Waals surface area (Å²) in [5.41, 5.74) is 1.85. The van der Waals surface area contributed by atoms with E-state index in [1.807, 2.05) is 13.0 Å². The lowest BCUT2D eigenvalue weighted by Gasteiger charge is -2.08. The van der Waals surface area contributed by atoms with Crippen molar-refractivity contribution in [2.45, 2.75) is 6.92 Å². The molecule has 0 fully saturated rings. The molecule has 1 heterocycles. The second-order valence-corrected chi connectivity index (χ2v) is 3.87. The zero-order valence-electron chi connectivity index (χ0n) is 8.67. The Kier molecular flexibility index (Phi) is 3.06. The first-order valence-corrected chi connectivity index (χ1v) is 5.19. The quantitative estimate of drug-likeness (QED) is 0.800. The molecule has 1 aromatic carbocycles. The van der Waals surface area contributed by atoms with Crippen LogP contribution < -0.4 is 5.32 Å². The molecule has 0 radical (unpaired) electrons. The van der Waals surface area contributed by atoms with Gasteiger partial charge in [0, 0.05) is 10.7 Å². The summed E-state index contributed by atoms with van der Waals surface area (Å²) in [7, 11) is 0. The van der Waals surface area contributed by atoms with E-state index in [2.05, 4.69) is 10.3 Å². The molecule has 2 nitrogen and oxygen atoms in total. The largest absolute Gasteiger partial charge is 0.340 e. The fourth-order valence-electron chi connectivity index (χ4n) is 1.34. The fraction of sp³-hybridized carbons (Fsp3) is 0.0833. The summed E-state index contributed by atoms with van der Waals surface area (Å²) in [4.78, 5) is 3.72. The highest BCUT2D eigenvalue weighted by Gasteiger charge is 2.01. The van der Waals surface area contributed by atoms with Crippen molar-refractivity contribution in [3.63, 3.8) is 0 Å². The molecule has 1 N–H and O–H groups in total. The SMILES string of the molecule is Cc1ccc(Cl)cc1Nc1cccc(F)n1. The van der Waals surface area contributed by atoms with Gasteiger partial charge in [0.05, 0.1) is 0 Å². The van der Waals surface area contributed by atoms with E-state index in [1.54, 1.807) is 24.3 Å². The second kappa shape index (κ2) is 4.49. The van der Waals surface area contributed by atoms with Crippen LogP contribution in [0.15, 0.2) is 36.4 Å². The molecule has 4 heteroatoms. The number of benzene rings is 1. The lowest BCUT2D eigenvalue weighted by Crippen LogP contribution is -1.96. The van der Waals surface area contributed by atoms with Crippen LogP contribution in [0.2, 0.25) is 5.02 Å². The molecule has 0 bridgehead atoms. The average molecular weight is 237 g/mol. The molecular weight excluding hydrogens is 227 g/mol. The topological polar surface area (TPSA) is 24.9 Å². The summed E-state index contributed by atoms with van der Waals surface area (Å²) in [5.74, 6) is -0.0463. The molecule has 2 rings (SSSR count). The minimum absolute atomic E-state index is 0.463. The number of halogens is 2. The summed E-state index contributed by atoms with van der Waals surface area (Å²) in [6, 6.07) is 10.1. The van der Waals surface area contributed by atoms with Crippen molar-refractivity contribution in [3.8, 4) is 0 Å². The summed E-state index contributed by atoms with van der Waals surface area (Å²) >= 11 is 5.88. The molecule has 0 aliphatic heterocycles. The Morgan fingerprint density at radius 1 is 1.25 bits per heavy atom. The molecule has 0 unspecified atom stereocenters. The van der Waals surface area contributed by atoms with E-state index >= 15 is 0 Å². The summed E-state index contributed by atoms with van der Waals surface area (Å²) < 4.78 is 12.9. The van der Waals surface area contributed by atoms with Crippen LogP contribution in [0.1, 0.15) is 5.56 Å². The number of hydrogen-bond acceptors (Lipinski definition) is 2. The van der Waals surface area contributed by atoms with Crippen molar-refractivity contribution < 1.29 is 4.39 Å². The molecule has 16 heavy (non-hydrogen) atoms. The van der Waals surface area contributed by atoms with Crippen molar-refractivity contribution >= 4 is 23.1 Å². The van der Waals surface area contributed by atoms with Crippen molar-refractivity contribution in [2.75, 3.05) is 5.32 Å². The Morgan fingerprint density at radius 3 is 2.81 bits per heavy atom. The standard InChI is InChI=1S/C12H10ClFN2/c1-8-5-6-9(13)7-10(8)15-12-4-2-3-11(14)16-12/h2-7H,1H3,(H,15,16). The van der Waals surface area contributed by atoms with E-state index in [0.717, 1.165) is 11.3 Å². The maximum absolute atomic E-state index is 12.9. The predicted octanol–water partition coefficient (Wildman–Crippen LogP) is 3.93. The lowest BCUT2D eigenvalue weighted by atomic mass is 10.2. The Hall–Kier alpha value is -1.61. The molecular formula is C12H10ClFN2. The zero-order chi connectivity index (χ0) is 11.5. The number of pyridine rings is 1. The minimum Gasteiger partial charge on any atom is -0.340 e. The molecule has 0 aliphatic carbocycles. The highest BCUT2D eigenvalue weighted by atomic mass is 35.5. The van der Waals surface area contributed by atoms with E-state index in [4.69, 9.17) is 11.6 Å². The first kappa shape index (κ1) is 10.9. The van der Waals surface area contributed by atoms with E-state index in [0.29, 0.717) is 10.8 Å². The van der Waals surface area contributed by atoms with Crippen LogP contribution in [0.3, 0.4) is 0 Å². The van der Waals surface area contributed by atoms with Gasteiger partial charge >= 0.3 is 0 Å². The van der Waals surface area contributed by atoms with Gasteiger partial charge in [0.1, 0.15) is 5.82 Å². The van der Waals surface area contributed by atoms with E-state index in [9.17, 15) is 4.39 Å². The van der Waals surface area contributed by atoms with Crippen LogP contribution in [-0.4, -0.2) is 4.98 Å². The monoisotopic (exact) mass is 236 g/mol. The van der Waals surface area contributed by atoms with Crippen molar-refractivity contribution in [3.05, 3.63) is 52.9 Å². The van der Waals surface area contributed by atoms with Gasteiger partial charge in [-0.3, -0.25) is 0 Å². The van der Waals surface area contributed by atoms with Gasteiger partial charge in [0.25, 0.3) is 0 Å². The average Bonchev–Trinajstić information content (AvgIpc) is 2.24. The molecule has 0 aliphatic rings. The third-order valence-electron chi connectivity index (χ3n) is 2.18. The third-order valence-corrected chi connectivity index (χ3v) is 2.41. The lowest BCUT2D eigenvalue weighted by molar-refractivity contribution is 0.585. The Bertz CT molecular complexity index is 514. The molecule has 0 saturated carbocycles. The molecule has 82 valence electrons. The molecule has 0 atom stereocenters. The molecule has 0 spiro atoms. The van der Waals surface area contributed by atoms with Crippen molar-refractivity contribution in [1.82, 2.24) is 4.98 Å². The number of nitrogens with one attached hydrogen (secondary N) is 1. The Morgan fingerprint density at radius 2 is 2.06 bits per heavy atom. The highest BCUT2D eigenvalue weighted by Crippen LogP contribution is 2.23. The van der Waals surface area contributed by atoms with Crippen molar-refractivity contribution in [1.29, 1.82) is 0 Å². The number of anilines is 2. The van der Waals surface area contributed by atoms with Crippen LogP contribution in [0, 0.1) is 12.9 Å². The van der Waals surface area contributed by atoms with Gasteiger partial charge in [-0.05, 0) is 36.8 Å². The number of aromatic nitrogens is 1. The number of rotatable bonds is 2. The van der Waals surface area contributed by atoms with Crippen LogP contribution in [0.5, 0.6) is 0 Å². The summed E-state index contributed by atoms with van der Waals surface area (Å²) in [6.07, 6.45) is 0. The highest BCUT2D eigenvalue weighted by molar-refractivity contribution is 6.30. The summed E-state index contributed by atoms with van der Waals surface area (Å²) in [6.45, 7) is 1.94. The van der Waals surface area contributed by atoms with Gasteiger partial charge in [-0.15, -0.1) is 0 Å². The normalized spacial score (nSPS) is 10.2. The Balaban J connectivity index is 2.30. The van der Waals surface area contributed by atoms with E-state index < -0.39 is 5.95 Å². The zero-order valence-corrected chi connectivity index (χ0v) is 9.42. The van der Waals surface area contributed by atoms with Gasteiger partial charge in [0.2, 0.25) is 5.95 Å². The van der Waals surface area contributed by atoms with Crippen LogP contribution >= 0.6 is 11.6 Å². The molecule has 0 saturated heterocycles. The van der Waals surface area contributed by atoms with Gasteiger partial charge < -0.3 is 5.32 Å². The minimum atomic E-state index is -0.510. The molecule has 0 amide bonds. The van der Waals surface area contributed by atoms with Gasteiger partial charge in [-0.1, -0.05) is 23.7 Å². The molecule has 1 aromatic heterocycles. The second-order valence-electron chi connectivity index (χ2n) is 3.43. The van der Waals surface area contributed by atoms with Crippen LogP contribution in [-0.2, 0) is 0 Å². The molecule has 2 aromatic rings. The summed E-state index contributed by atoms with van der Waals surface area (Å²) in [5, 5.41) is 3.65. The third kappa shape index (κ3) is 2.49. The van der Waals surface area contributed by atoms with E-state index in [1.165, 1.54) is 6.07 Å². The first-order valence-electron chi connectivity index (χ1n) is 4.81. The fourth-order valence-corrected chi connectivity index (χ4v) is 1.52. The first-order chi connectivity index (χ1) is 7.65. The van der Waals surface area contributed by atoms with Crippen molar-refractivity contribution in [2.24, 2.45) is 0 Å². The predicted molar refractivity (Wildman–Crippen MR) is 63.7 cm³/mol.